The molecule has 2 fully saturated rings. The predicted molar refractivity (Wildman–Crippen MR) is 71.9 cm³/mol. The second kappa shape index (κ2) is 3.87. The van der Waals surface area contributed by atoms with Crippen molar-refractivity contribution >= 4 is 15.9 Å². The number of halogens is 1. The lowest BCUT2D eigenvalue weighted by Gasteiger charge is -2.21. The van der Waals surface area contributed by atoms with Gasteiger partial charge in [-0.25, -0.2) is 0 Å². The molecule has 2 aliphatic carbocycles. The summed E-state index contributed by atoms with van der Waals surface area (Å²) in [7, 11) is 0. The maximum Gasteiger partial charge on any atom is 0.0426 e. The van der Waals surface area contributed by atoms with Crippen LogP contribution in [0, 0.1) is 31.6 Å². The van der Waals surface area contributed by atoms with Crippen LogP contribution in [-0.4, -0.2) is 0 Å². The molecule has 86 valence electrons. The highest BCUT2D eigenvalue weighted by atomic mass is 79.9. The van der Waals surface area contributed by atoms with E-state index < -0.39 is 0 Å². The molecule has 2 aliphatic rings. The van der Waals surface area contributed by atoms with Gasteiger partial charge in [0.05, 0.1) is 0 Å². The fourth-order valence-electron chi connectivity index (χ4n) is 3.31. The van der Waals surface area contributed by atoms with Gasteiger partial charge < -0.3 is 0 Å². The minimum absolute atomic E-state index is 0.584. The van der Waals surface area contributed by atoms with E-state index >= 15 is 0 Å². The molecule has 1 aromatic rings. The lowest BCUT2D eigenvalue weighted by atomic mass is 9.91. The van der Waals surface area contributed by atoms with Gasteiger partial charge in [0.1, 0.15) is 0 Å². The van der Waals surface area contributed by atoms with Gasteiger partial charge in [0.15, 0.2) is 0 Å². The summed E-state index contributed by atoms with van der Waals surface area (Å²) in [5, 5.41) is 0. The van der Waals surface area contributed by atoms with Gasteiger partial charge in [-0.1, -0.05) is 39.7 Å². The monoisotopic (exact) mass is 278 g/mol. The standard InChI is InChI=1S/C15H19Br/c1-9-3-4-10(2)14(5-9)15(16)13-7-11-6-12(11)8-13/h3-5,11-13,15H,6-8H2,1-2H3. The highest BCUT2D eigenvalue weighted by Gasteiger charge is 2.47. The minimum Gasteiger partial charge on any atom is -0.0836 e. The van der Waals surface area contributed by atoms with Gasteiger partial charge in [-0.15, -0.1) is 0 Å². The summed E-state index contributed by atoms with van der Waals surface area (Å²) in [6.07, 6.45) is 4.42. The Hall–Kier alpha value is -0.300. The van der Waals surface area contributed by atoms with Crippen LogP contribution >= 0.6 is 15.9 Å². The van der Waals surface area contributed by atoms with E-state index in [1.807, 2.05) is 0 Å². The third-order valence-electron chi connectivity index (χ3n) is 4.43. The molecule has 1 heteroatoms. The molecule has 1 aromatic carbocycles. The Morgan fingerprint density at radius 1 is 1.12 bits per heavy atom. The number of benzene rings is 1. The largest absolute Gasteiger partial charge is 0.0836 e. The number of hydrogen-bond acceptors (Lipinski definition) is 0. The molecule has 0 amide bonds. The zero-order chi connectivity index (χ0) is 11.3. The van der Waals surface area contributed by atoms with Gasteiger partial charge in [0.2, 0.25) is 0 Å². The molecule has 0 spiro atoms. The molecule has 0 heterocycles. The molecule has 3 rings (SSSR count). The van der Waals surface area contributed by atoms with Crippen LogP contribution in [0.2, 0.25) is 0 Å². The van der Waals surface area contributed by atoms with Gasteiger partial charge in [-0.2, -0.15) is 0 Å². The molecule has 0 saturated heterocycles. The zero-order valence-electron chi connectivity index (χ0n) is 10.0. The number of hydrogen-bond donors (Lipinski definition) is 0. The molecule has 2 saturated carbocycles. The fourth-order valence-corrected chi connectivity index (χ4v) is 4.24. The van der Waals surface area contributed by atoms with E-state index in [0.717, 1.165) is 17.8 Å². The molecule has 16 heavy (non-hydrogen) atoms. The number of fused-ring (bicyclic) bond motifs is 1. The summed E-state index contributed by atoms with van der Waals surface area (Å²) >= 11 is 3.95. The Labute approximate surface area is 107 Å². The second-order valence-electron chi connectivity index (χ2n) is 5.75. The lowest BCUT2D eigenvalue weighted by molar-refractivity contribution is 0.481. The molecule has 0 bridgehead atoms. The Morgan fingerprint density at radius 3 is 2.50 bits per heavy atom. The van der Waals surface area contributed by atoms with Crippen LogP contribution in [0.4, 0.5) is 0 Å². The second-order valence-corrected chi connectivity index (χ2v) is 6.74. The average Bonchev–Trinajstić information content (AvgIpc) is 2.88. The van der Waals surface area contributed by atoms with Crippen LogP contribution in [0.5, 0.6) is 0 Å². The van der Waals surface area contributed by atoms with E-state index in [4.69, 9.17) is 0 Å². The first-order chi connectivity index (χ1) is 7.65. The van der Waals surface area contributed by atoms with Crippen molar-refractivity contribution in [3.8, 4) is 0 Å². The normalized spacial score (nSPS) is 33.6. The maximum absolute atomic E-state index is 3.95. The highest BCUT2D eigenvalue weighted by Crippen LogP contribution is 2.58. The number of aryl methyl sites for hydroxylation is 2. The smallest absolute Gasteiger partial charge is 0.0426 e. The van der Waals surface area contributed by atoms with E-state index in [0.29, 0.717) is 4.83 Å². The maximum atomic E-state index is 3.95. The summed E-state index contributed by atoms with van der Waals surface area (Å²) < 4.78 is 0. The van der Waals surface area contributed by atoms with Crippen molar-refractivity contribution in [3.63, 3.8) is 0 Å². The lowest BCUT2D eigenvalue weighted by Crippen LogP contribution is -2.07. The van der Waals surface area contributed by atoms with Crippen molar-refractivity contribution in [2.24, 2.45) is 17.8 Å². The highest BCUT2D eigenvalue weighted by molar-refractivity contribution is 9.09. The molecule has 0 aliphatic heterocycles. The molecule has 3 atom stereocenters. The van der Waals surface area contributed by atoms with Gasteiger partial charge in [-0.3, -0.25) is 0 Å². The first-order valence-electron chi connectivity index (χ1n) is 6.36. The third kappa shape index (κ3) is 1.84. The van der Waals surface area contributed by atoms with Crippen LogP contribution in [-0.2, 0) is 0 Å². The van der Waals surface area contributed by atoms with Gasteiger partial charge in [0, 0.05) is 4.83 Å². The fraction of sp³-hybridized carbons (Fsp3) is 0.600. The molecule has 0 radical (unpaired) electrons. The van der Waals surface area contributed by atoms with Crippen molar-refractivity contribution in [2.75, 3.05) is 0 Å². The van der Waals surface area contributed by atoms with Crippen LogP contribution < -0.4 is 0 Å². The SMILES string of the molecule is Cc1ccc(C)c(C(Br)C2CC3CC3C2)c1. The Morgan fingerprint density at radius 2 is 1.81 bits per heavy atom. The van der Waals surface area contributed by atoms with Crippen LogP contribution in [0.1, 0.15) is 40.8 Å². The summed E-state index contributed by atoms with van der Waals surface area (Å²) in [4.78, 5) is 0.584. The van der Waals surface area contributed by atoms with Crippen LogP contribution in [0.15, 0.2) is 18.2 Å². The first-order valence-corrected chi connectivity index (χ1v) is 7.28. The Kier molecular flexibility index (Phi) is 2.62. The quantitative estimate of drug-likeness (QED) is 0.683. The van der Waals surface area contributed by atoms with E-state index in [1.165, 1.54) is 36.0 Å². The summed E-state index contributed by atoms with van der Waals surface area (Å²) in [6, 6.07) is 6.83. The van der Waals surface area contributed by atoms with E-state index in [1.54, 1.807) is 0 Å². The molecule has 0 nitrogen and oxygen atoms in total. The topological polar surface area (TPSA) is 0 Å². The van der Waals surface area contributed by atoms with Crippen molar-refractivity contribution < 1.29 is 0 Å². The van der Waals surface area contributed by atoms with Crippen molar-refractivity contribution in [1.29, 1.82) is 0 Å². The van der Waals surface area contributed by atoms with Crippen molar-refractivity contribution in [1.82, 2.24) is 0 Å². The Bertz CT molecular complexity index is 400. The predicted octanol–water partition coefficient (Wildman–Crippen LogP) is 4.79. The first kappa shape index (κ1) is 10.8. The summed E-state index contributed by atoms with van der Waals surface area (Å²) in [6.45, 7) is 4.42. The van der Waals surface area contributed by atoms with E-state index in [9.17, 15) is 0 Å². The number of alkyl halides is 1. The number of rotatable bonds is 2. The van der Waals surface area contributed by atoms with Gasteiger partial charge >= 0.3 is 0 Å². The third-order valence-corrected chi connectivity index (χ3v) is 5.67. The minimum atomic E-state index is 0.584. The van der Waals surface area contributed by atoms with Crippen molar-refractivity contribution in [3.05, 3.63) is 34.9 Å². The van der Waals surface area contributed by atoms with Crippen molar-refractivity contribution in [2.45, 2.75) is 37.9 Å². The van der Waals surface area contributed by atoms with E-state index in [-0.39, 0.29) is 0 Å². The van der Waals surface area contributed by atoms with Gasteiger partial charge in [0.25, 0.3) is 0 Å². The molecule has 3 unspecified atom stereocenters. The molecular formula is C15H19Br. The summed E-state index contributed by atoms with van der Waals surface area (Å²) in [5.74, 6) is 3.04. The van der Waals surface area contributed by atoms with Gasteiger partial charge in [-0.05, 0) is 62.0 Å². The molecule has 0 aromatic heterocycles. The average molecular weight is 279 g/mol. The van der Waals surface area contributed by atoms with Crippen LogP contribution in [0.25, 0.3) is 0 Å². The van der Waals surface area contributed by atoms with E-state index in [2.05, 4.69) is 48.0 Å². The Balaban J connectivity index is 1.82. The van der Waals surface area contributed by atoms with Crippen LogP contribution in [0.3, 0.4) is 0 Å². The molecule has 0 N–H and O–H groups in total. The molecular weight excluding hydrogens is 260 g/mol. The summed E-state index contributed by atoms with van der Waals surface area (Å²) in [5.41, 5.74) is 4.34. The zero-order valence-corrected chi connectivity index (χ0v) is 11.6.